The number of carbonyl (C=O) groups is 3. The highest BCUT2D eigenvalue weighted by Crippen LogP contribution is 2.31. The van der Waals surface area contributed by atoms with Crippen molar-refractivity contribution in [1.82, 2.24) is 10.2 Å². The van der Waals surface area contributed by atoms with Gasteiger partial charge < -0.3 is 5.32 Å². The molecule has 0 radical (unpaired) electrons. The molecule has 0 spiro atoms. The monoisotopic (exact) mass is 397 g/mol. The second-order valence-electron chi connectivity index (χ2n) is 5.77. The van der Waals surface area contributed by atoms with Gasteiger partial charge in [-0.25, -0.2) is 0 Å². The van der Waals surface area contributed by atoms with Gasteiger partial charge in [-0.3, -0.25) is 29.4 Å². The molecule has 2 aromatic rings. The zero-order chi connectivity index (χ0) is 20.1. The zero-order valence-corrected chi connectivity index (χ0v) is 15.3. The third kappa shape index (κ3) is 4.26. The molecule has 0 saturated carbocycles. The van der Waals surface area contributed by atoms with E-state index in [1.165, 1.54) is 24.3 Å². The Hall–Kier alpha value is -3.46. The molecule has 1 aliphatic rings. The van der Waals surface area contributed by atoms with Gasteiger partial charge >= 0.3 is 0 Å². The zero-order valence-electron chi connectivity index (χ0n) is 14.5. The van der Waals surface area contributed by atoms with Crippen LogP contribution in [-0.2, 0) is 4.79 Å². The first kappa shape index (κ1) is 19.3. The van der Waals surface area contributed by atoms with Gasteiger partial charge in [0.2, 0.25) is 0 Å². The third-order valence-corrected chi connectivity index (χ3v) is 4.84. The molecule has 1 heterocycles. The van der Waals surface area contributed by atoms with E-state index in [0.717, 1.165) is 22.2 Å². The number of benzene rings is 2. The smallest absolute Gasteiger partial charge is 0.293 e. The number of nitrogens with one attached hydrogen (secondary N) is 1. The van der Waals surface area contributed by atoms with Crippen LogP contribution in [0.4, 0.5) is 10.5 Å². The normalized spacial score (nSPS) is 15.1. The molecule has 3 rings (SSSR count). The summed E-state index contributed by atoms with van der Waals surface area (Å²) in [6.45, 7) is -0.0370. The van der Waals surface area contributed by atoms with E-state index in [1.807, 2.05) is 30.3 Å². The number of imide groups is 1. The molecule has 0 bridgehead atoms. The Morgan fingerprint density at radius 1 is 1.11 bits per heavy atom. The van der Waals surface area contributed by atoms with Crippen molar-refractivity contribution in [2.45, 2.75) is 0 Å². The van der Waals surface area contributed by atoms with Gasteiger partial charge in [0.15, 0.2) is 0 Å². The maximum atomic E-state index is 12.4. The Morgan fingerprint density at radius 2 is 1.79 bits per heavy atom. The molecule has 1 fully saturated rings. The van der Waals surface area contributed by atoms with Gasteiger partial charge in [-0.2, -0.15) is 0 Å². The van der Waals surface area contributed by atoms with E-state index in [9.17, 15) is 24.5 Å². The Morgan fingerprint density at radius 3 is 2.50 bits per heavy atom. The lowest BCUT2D eigenvalue weighted by atomic mass is 10.1. The molecular weight excluding hydrogens is 382 g/mol. The summed E-state index contributed by atoms with van der Waals surface area (Å²) < 4.78 is 0. The number of nitro benzene ring substituents is 1. The van der Waals surface area contributed by atoms with E-state index in [1.54, 1.807) is 6.08 Å². The molecule has 0 unspecified atom stereocenters. The van der Waals surface area contributed by atoms with Crippen LogP contribution in [0.25, 0.3) is 6.08 Å². The molecule has 0 atom stereocenters. The van der Waals surface area contributed by atoms with Crippen LogP contribution in [0.3, 0.4) is 0 Å². The molecule has 1 N–H and O–H groups in total. The summed E-state index contributed by atoms with van der Waals surface area (Å²) in [4.78, 5) is 48.4. The summed E-state index contributed by atoms with van der Waals surface area (Å²) in [5.74, 6) is -1.07. The molecule has 28 heavy (non-hydrogen) atoms. The lowest BCUT2D eigenvalue weighted by molar-refractivity contribution is -0.385. The van der Waals surface area contributed by atoms with Crippen LogP contribution in [-0.4, -0.2) is 40.0 Å². The molecule has 8 nitrogen and oxygen atoms in total. The second-order valence-corrected chi connectivity index (χ2v) is 6.77. The summed E-state index contributed by atoms with van der Waals surface area (Å²) in [5.41, 5.74) is 0.417. The van der Waals surface area contributed by atoms with E-state index >= 15 is 0 Å². The Balaban J connectivity index is 1.62. The highest BCUT2D eigenvalue weighted by Gasteiger charge is 2.34. The van der Waals surface area contributed by atoms with E-state index in [4.69, 9.17) is 0 Å². The highest BCUT2D eigenvalue weighted by atomic mass is 32.2. The number of nitrogens with zero attached hydrogens (tertiary/aromatic N) is 2. The van der Waals surface area contributed by atoms with Crippen molar-refractivity contribution < 1.29 is 19.3 Å². The number of carbonyl (C=O) groups excluding carboxylic acids is 3. The average molecular weight is 397 g/mol. The fourth-order valence-corrected chi connectivity index (χ4v) is 3.46. The molecular formula is C19H15N3O5S. The lowest BCUT2D eigenvalue weighted by Gasteiger charge is -2.13. The van der Waals surface area contributed by atoms with Crippen molar-refractivity contribution >= 4 is 40.6 Å². The predicted octanol–water partition coefficient (Wildman–Crippen LogP) is 3.06. The van der Waals surface area contributed by atoms with Gasteiger partial charge in [0.25, 0.3) is 22.7 Å². The molecule has 0 aromatic heterocycles. The minimum Gasteiger partial charge on any atom is -0.350 e. The van der Waals surface area contributed by atoms with Gasteiger partial charge in [-0.05, 0) is 29.5 Å². The molecule has 9 heteroatoms. The van der Waals surface area contributed by atoms with Crippen molar-refractivity contribution in [1.29, 1.82) is 0 Å². The van der Waals surface area contributed by atoms with Gasteiger partial charge in [0.05, 0.1) is 9.83 Å². The number of thioether (sulfide) groups is 1. The largest absolute Gasteiger partial charge is 0.350 e. The molecule has 1 saturated heterocycles. The fourth-order valence-electron chi connectivity index (χ4n) is 2.59. The van der Waals surface area contributed by atoms with E-state index in [0.29, 0.717) is 4.91 Å². The van der Waals surface area contributed by atoms with E-state index < -0.39 is 22.0 Å². The lowest BCUT2D eigenvalue weighted by Crippen LogP contribution is -2.37. The molecule has 1 aliphatic heterocycles. The first-order valence-electron chi connectivity index (χ1n) is 8.29. The summed E-state index contributed by atoms with van der Waals surface area (Å²) in [6.07, 6.45) is 1.64. The van der Waals surface area contributed by atoms with Crippen molar-refractivity contribution in [2.75, 3.05) is 13.1 Å². The maximum Gasteiger partial charge on any atom is 0.293 e. The average Bonchev–Trinajstić information content (AvgIpc) is 2.96. The predicted molar refractivity (Wildman–Crippen MR) is 105 cm³/mol. The van der Waals surface area contributed by atoms with Crippen molar-refractivity contribution in [3.8, 4) is 0 Å². The summed E-state index contributed by atoms with van der Waals surface area (Å²) in [6, 6.07) is 14.7. The number of amides is 3. The van der Waals surface area contributed by atoms with E-state index in [-0.39, 0.29) is 24.3 Å². The van der Waals surface area contributed by atoms with Crippen LogP contribution >= 0.6 is 11.8 Å². The molecule has 0 aliphatic carbocycles. The van der Waals surface area contributed by atoms with Crippen LogP contribution in [0.5, 0.6) is 0 Å². The van der Waals surface area contributed by atoms with Crippen LogP contribution in [0, 0.1) is 10.1 Å². The minimum atomic E-state index is -0.640. The first-order chi connectivity index (χ1) is 13.5. The molecule has 142 valence electrons. The quantitative estimate of drug-likeness (QED) is 0.456. The summed E-state index contributed by atoms with van der Waals surface area (Å²) in [7, 11) is 0. The number of rotatable bonds is 6. The minimum absolute atomic E-state index is 0.0124. The van der Waals surface area contributed by atoms with Crippen molar-refractivity contribution in [3.05, 3.63) is 80.7 Å². The number of para-hydroxylation sites is 1. The van der Waals surface area contributed by atoms with Crippen LogP contribution in [0.2, 0.25) is 0 Å². The number of hydrogen-bond acceptors (Lipinski definition) is 6. The fraction of sp³-hybridized carbons (Fsp3) is 0.105. The second kappa shape index (κ2) is 8.49. The summed E-state index contributed by atoms with van der Waals surface area (Å²) in [5, 5.41) is 13.1. The summed E-state index contributed by atoms with van der Waals surface area (Å²) >= 11 is 0.835. The van der Waals surface area contributed by atoms with Gasteiger partial charge in [0.1, 0.15) is 5.56 Å². The molecule has 2 aromatic carbocycles. The van der Waals surface area contributed by atoms with E-state index in [2.05, 4.69) is 5.32 Å². The Kier molecular flexibility index (Phi) is 5.85. The number of nitro groups is 1. The Bertz CT molecular complexity index is 975. The third-order valence-electron chi connectivity index (χ3n) is 3.94. The van der Waals surface area contributed by atoms with Gasteiger partial charge in [-0.15, -0.1) is 0 Å². The van der Waals surface area contributed by atoms with Crippen LogP contribution in [0.15, 0.2) is 59.5 Å². The van der Waals surface area contributed by atoms with Crippen LogP contribution < -0.4 is 5.32 Å². The van der Waals surface area contributed by atoms with Gasteiger partial charge in [0, 0.05) is 19.2 Å². The van der Waals surface area contributed by atoms with Crippen LogP contribution in [0.1, 0.15) is 15.9 Å². The first-order valence-corrected chi connectivity index (χ1v) is 9.11. The SMILES string of the molecule is O=C(NCCN1C(=O)S/C(=C/c2ccccc2)C1=O)c1ccccc1[N+](=O)[O-]. The van der Waals surface area contributed by atoms with Crippen molar-refractivity contribution in [3.63, 3.8) is 0 Å². The number of hydrogen-bond donors (Lipinski definition) is 1. The molecule has 3 amide bonds. The topological polar surface area (TPSA) is 110 Å². The Labute approximate surface area is 164 Å². The van der Waals surface area contributed by atoms with Gasteiger partial charge in [-0.1, -0.05) is 42.5 Å². The maximum absolute atomic E-state index is 12.4. The highest BCUT2D eigenvalue weighted by molar-refractivity contribution is 8.18. The van der Waals surface area contributed by atoms with Crippen molar-refractivity contribution in [2.24, 2.45) is 0 Å². The standard InChI is InChI=1S/C19H15N3O5S/c23-17(14-8-4-5-9-15(14)22(26)27)20-10-11-21-18(24)16(28-19(21)25)12-13-6-2-1-3-7-13/h1-9,12H,10-11H2,(H,20,23)/b16-12+.